The molecule has 1 aromatic carbocycles. The molecule has 124 valence electrons. The quantitative estimate of drug-likeness (QED) is 0.655. The first-order valence-electron chi connectivity index (χ1n) is 7.36. The Morgan fingerprint density at radius 2 is 2.13 bits per heavy atom. The summed E-state index contributed by atoms with van der Waals surface area (Å²) in [6, 6.07) is 5.43. The number of benzene rings is 1. The maximum Gasteiger partial charge on any atom is 0.240 e. The monoisotopic (exact) mass is 338 g/mol. The molecule has 8 heteroatoms. The van der Waals surface area contributed by atoms with Gasteiger partial charge in [0.15, 0.2) is 21.3 Å². The standard InChI is InChI=1S/C15H18N2O5S/c1-10(12-2-3-13-14(7-12)22-9-21-13)16-17-15(18)6-11-4-5-23(19,20)8-11/h2-3,7,11H,4-6,8-9H2,1H3,(H,17,18)/b16-10-/t11-/m0/s1. The Labute approximate surface area is 134 Å². The minimum atomic E-state index is -2.96. The fourth-order valence-electron chi connectivity index (χ4n) is 2.67. The van der Waals surface area contributed by atoms with Crippen molar-refractivity contribution < 1.29 is 22.7 Å². The molecule has 0 aromatic heterocycles. The van der Waals surface area contributed by atoms with Gasteiger partial charge in [-0.1, -0.05) is 0 Å². The van der Waals surface area contributed by atoms with Crippen LogP contribution in [0.15, 0.2) is 23.3 Å². The first-order chi connectivity index (χ1) is 10.9. The molecular formula is C15H18N2O5S. The summed E-state index contributed by atoms with van der Waals surface area (Å²) in [5.41, 5.74) is 3.94. The fourth-order valence-corrected chi connectivity index (χ4v) is 4.54. The number of hydrogen-bond donors (Lipinski definition) is 1. The van der Waals surface area contributed by atoms with Crippen LogP contribution in [0.5, 0.6) is 11.5 Å². The molecule has 1 fully saturated rings. The molecule has 7 nitrogen and oxygen atoms in total. The van der Waals surface area contributed by atoms with Gasteiger partial charge in [0.05, 0.1) is 17.2 Å². The van der Waals surface area contributed by atoms with Gasteiger partial charge in [-0.3, -0.25) is 4.79 Å². The third-order valence-corrected chi connectivity index (χ3v) is 5.78. The lowest BCUT2D eigenvalue weighted by Gasteiger charge is -2.07. The van der Waals surface area contributed by atoms with Crippen molar-refractivity contribution in [2.45, 2.75) is 19.8 Å². The van der Waals surface area contributed by atoms with Crippen LogP contribution in [0.2, 0.25) is 0 Å². The molecule has 1 amide bonds. The lowest BCUT2D eigenvalue weighted by Crippen LogP contribution is -2.22. The molecule has 0 unspecified atom stereocenters. The second-order valence-corrected chi connectivity index (χ2v) is 8.00. The minimum absolute atomic E-state index is 0.0886. The normalized spacial score (nSPS) is 22.1. The molecule has 0 spiro atoms. The van der Waals surface area contributed by atoms with Crippen LogP contribution in [0.1, 0.15) is 25.3 Å². The van der Waals surface area contributed by atoms with Crippen LogP contribution in [0.4, 0.5) is 0 Å². The van der Waals surface area contributed by atoms with Crippen LogP contribution in [0.3, 0.4) is 0 Å². The van der Waals surface area contributed by atoms with Gasteiger partial charge in [-0.25, -0.2) is 13.8 Å². The Hall–Kier alpha value is -2.09. The number of carbonyl (C=O) groups excluding carboxylic acids is 1. The van der Waals surface area contributed by atoms with Crippen molar-refractivity contribution in [1.29, 1.82) is 0 Å². The molecule has 1 saturated heterocycles. The zero-order chi connectivity index (χ0) is 16.4. The van der Waals surface area contributed by atoms with Crippen molar-refractivity contribution >= 4 is 21.5 Å². The highest BCUT2D eigenvalue weighted by atomic mass is 32.2. The van der Waals surface area contributed by atoms with E-state index in [2.05, 4.69) is 10.5 Å². The number of nitrogens with zero attached hydrogens (tertiary/aromatic N) is 1. The number of rotatable bonds is 4. The van der Waals surface area contributed by atoms with Gasteiger partial charge in [0.2, 0.25) is 12.7 Å². The average molecular weight is 338 g/mol. The average Bonchev–Trinajstić information content (AvgIpc) is 3.10. The number of carbonyl (C=O) groups is 1. The van der Waals surface area contributed by atoms with E-state index in [1.165, 1.54) is 0 Å². The number of nitrogens with one attached hydrogen (secondary N) is 1. The lowest BCUT2D eigenvalue weighted by molar-refractivity contribution is -0.121. The van der Waals surface area contributed by atoms with Gasteiger partial charge < -0.3 is 9.47 Å². The molecular weight excluding hydrogens is 320 g/mol. The molecule has 2 aliphatic heterocycles. The number of fused-ring (bicyclic) bond motifs is 1. The first-order valence-corrected chi connectivity index (χ1v) is 9.19. The van der Waals surface area contributed by atoms with Gasteiger partial charge in [-0.15, -0.1) is 0 Å². The van der Waals surface area contributed by atoms with Crippen LogP contribution in [-0.2, 0) is 14.6 Å². The van der Waals surface area contributed by atoms with Crippen LogP contribution in [0, 0.1) is 5.92 Å². The molecule has 2 heterocycles. The molecule has 1 atom stereocenters. The van der Waals surface area contributed by atoms with Crippen LogP contribution in [0.25, 0.3) is 0 Å². The summed E-state index contributed by atoms with van der Waals surface area (Å²) < 4.78 is 33.3. The Morgan fingerprint density at radius 3 is 2.87 bits per heavy atom. The maximum absolute atomic E-state index is 11.9. The van der Waals surface area contributed by atoms with E-state index in [1.54, 1.807) is 19.1 Å². The van der Waals surface area contributed by atoms with E-state index in [0.717, 1.165) is 5.56 Å². The third kappa shape index (κ3) is 3.82. The maximum atomic E-state index is 11.9. The summed E-state index contributed by atoms with van der Waals surface area (Å²) in [6.45, 7) is 1.98. The van der Waals surface area contributed by atoms with Crippen molar-refractivity contribution in [3.8, 4) is 11.5 Å². The van der Waals surface area contributed by atoms with Crippen LogP contribution < -0.4 is 14.9 Å². The predicted molar refractivity (Wildman–Crippen MR) is 84.3 cm³/mol. The van der Waals surface area contributed by atoms with E-state index < -0.39 is 9.84 Å². The number of amides is 1. The topological polar surface area (TPSA) is 94.1 Å². The van der Waals surface area contributed by atoms with Gasteiger partial charge in [0.25, 0.3) is 0 Å². The Bertz CT molecular complexity index is 757. The minimum Gasteiger partial charge on any atom is -0.454 e. The van der Waals surface area contributed by atoms with E-state index in [-0.39, 0.29) is 36.5 Å². The Kier molecular flexibility index (Phi) is 4.25. The second-order valence-electron chi connectivity index (χ2n) is 5.77. The third-order valence-electron chi connectivity index (χ3n) is 3.94. The van der Waals surface area contributed by atoms with Gasteiger partial charge in [-0.2, -0.15) is 5.10 Å². The van der Waals surface area contributed by atoms with E-state index >= 15 is 0 Å². The molecule has 1 N–H and O–H groups in total. The molecule has 3 rings (SSSR count). The van der Waals surface area contributed by atoms with Crippen molar-refractivity contribution in [3.63, 3.8) is 0 Å². The van der Waals surface area contributed by atoms with Crippen LogP contribution in [-0.4, -0.2) is 38.3 Å². The van der Waals surface area contributed by atoms with Gasteiger partial charge >= 0.3 is 0 Å². The molecule has 2 aliphatic rings. The Morgan fingerprint density at radius 1 is 1.35 bits per heavy atom. The van der Waals surface area contributed by atoms with Gasteiger partial charge in [-0.05, 0) is 37.5 Å². The largest absolute Gasteiger partial charge is 0.454 e. The molecule has 0 aliphatic carbocycles. The zero-order valence-electron chi connectivity index (χ0n) is 12.7. The molecule has 0 saturated carbocycles. The molecule has 1 aromatic rings. The van der Waals surface area contributed by atoms with E-state index in [0.29, 0.717) is 23.6 Å². The van der Waals surface area contributed by atoms with Crippen molar-refractivity contribution in [2.75, 3.05) is 18.3 Å². The summed E-state index contributed by atoms with van der Waals surface area (Å²) in [6.07, 6.45) is 0.720. The fraction of sp³-hybridized carbons (Fsp3) is 0.467. The van der Waals surface area contributed by atoms with Crippen molar-refractivity contribution in [1.82, 2.24) is 5.43 Å². The van der Waals surface area contributed by atoms with E-state index in [4.69, 9.17) is 9.47 Å². The van der Waals surface area contributed by atoms with Crippen molar-refractivity contribution in [2.24, 2.45) is 11.0 Å². The first kappa shape index (κ1) is 15.8. The summed E-state index contributed by atoms with van der Waals surface area (Å²) in [4.78, 5) is 11.9. The lowest BCUT2D eigenvalue weighted by atomic mass is 10.1. The highest BCUT2D eigenvalue weighted by molar-refractivity contribution is 7.91. The van der Waals surface area contributed by atoms with E-state index in [1.807, 2.05) is 6.07 Å². The number of hydrogen-bond acceptors (Lipinski definition) is 6. The smallest absolute Gasteiger partial charge is 0.240 e. The Balaban J connectivity index is 1.58. The highest BCUT2D eigenvalue weighted by Gasteiger charge is 2.29. The van der Waals surface area contributed by atoms with Gasteiger partial charge in [0, 0.05) is 12.0 Å². The molecule has 0 bridgehead atoms. The highest BCUT2D eigenvalue weighted by Crippen LogP contribution is 2.32. The zero-order valence-corrected chi connectivity index (χ0v) is 13.6. The number of ether oxygens (including phenoxy) is 2. The molecule has 23 heavy (non-hydrogen) atoms. The van der Waals surface area contributed by atoms with Crippen LogP contribution >= 0.6 is 0 Å². The summed E-state index contributed by atoms with van der Waals surface area (Å²) in [5, 5.41) is 4.07. The summed E-state index contributed by atoms with van der Waals surface area (Å²) in [5.74, 6) is 1.22. The number of hydrazone groups is 1. The van der Waals surface area contributed by atoms with E-state index in [9.17, 15) is 13.2 Å². The predicted octanol–water partition coefficient (Wildman–Crippen LogP) is 1.08. The number of sulfone groups is 1. The van der Waals surface area contributed by atoms with Crippen molar-refractivity contribution in [3.05, 3.63) is 23.8 Å². The summed E-state index contributed by atoms with van der Waals surface area (Å²) >= 11 is 0. The summed E-state index contributed by atoms with van der Waals surface area (Å²) in [7, 11) is -2.96. The van der Waals surface area contributed by atoms with Gasteiger partial charge in [0.1, 0.15) is 0 Å². The SMILES string of the molecule is C/C(=N/NC(=O)C[C@@H]1CCS(=O)(=O)C1)c1ccc2c(c1)OCO2. The second kappa shape index (κ2) is 6.19. The molecule has 0 radical (unpaired) electrons.